The third kappa shape index (κ3) is 4.83. The SMILES string of the molecule is CNC(=O)c1cnc(C=Cc2cccc(NC(=O)c3ccc(OC)cc3)c2)s1. The molecule has 0 radical (unpaired) electrons. The number of nitrogens with zero attached hydrogens (tertiary/aromatic N) is 1. The molecule has 0 spiro atoms. The van der Waals surface area contributed by atoms with Gasteiger partial charge in [0.25, 0.3) is 11.8 Å². The van der Waals surface area contributed by atoms with E-state index in [1.54, 1.807) is 44.6 Å². The number of amides is 2. The molecule has 0 saturated heterocycles. The number of hydrogen-bond acceptors (Lipinski definition) is 5. The van der Waals surface area contributed by atoms with Crippen LogP contribution in [0, 0.1) is 0 Å². The molecule has 6 nitrogen and oxygen atoms in total. The summed E-state index contributed by atoms with van der Waals surface area (Å²) in [5, 5.41) is 6.18. The zero-order valence-electron chi connectivity index (χ0n) is 15.4. The van der Waals surface area contributed by atoms with E-state index in [1.807, 2.05) is 36.4 Å². The van der Waals surface area contributed by atoms with Crippen molar-refractivity contribution in [2.75, 3.05) is 19.5 Å². The molecule has 0 fully saturated rings. The van der Waals surface area contributed by atoms with Gasteiger partial charge in [0.1, 0.15) is 15.6 Å². The number of aromatic nitrogens is 1. The van der Waals surface area contributed by atoms with Crippen LogP contribution in [0.2, 0.25) is 0 Å². The van der Waals surface area contributed by atoms with E-state index >= 15 is 0 Å². The highest BCUT2D eigenvalue weighted by atomic mass is 32.1. The van der Waals surface area contributed by atoms with E-state index in [1.165, 1.54) is 11.3 Å². The summed E-state index contributed by atoms with van der Waals surface area (Å²) in [5.74, 6) is 0.352. The molecule has 1 aromatic heterocycles. The maximum Gasteiger partial charge on any atom is 0.262 e. The molecule has 0 aliphatic heterocycles. The van der Waals surface area contributed by atoms with Crippen LogP contribution < -0.4 is 15.4 Å². The van der Waals surface area contributed by atoms with Gasteiger partial charge in [-0.3, -0.25) is 9.59 Å². The third-order valence-corrected chi connectivity index (χ3v) is 4.85. The molecule has 3 aromatic rings. The lowest BCUT2D eigenvalue weighted by atomic mass is 10.1. The molecular weight excluding hydrogens is 374 g/mol. The van der Waals surface area contributed by atoms with Crippen molar-refractivity contribution in [3.63, 3.8) is 0 Å². The van der Waals surface area contributed by atoms with Crippen LogP contribution in [0.1, 0.15) is 30.6 Å². The monoisotopic (exact) mass is 393 g/mol. The van der Waals surface area contributed by atoms with Crippen LogP contribution >= 0.6 is 11.3 Å². The van der Waals surface area contributed by atoms with Crippen molar-refractivity contribution in [1.29, 1.82) is 0 Å². The minimum atomic E-state index is -0.195. The van der Waals surface area contributed by atoms with Crippen LogP contribution in [0.25, 0.3) is 12.2 Å². The smallest absolute Gasteiger partial charge is 0.262 e. The first kappa shape index (κ1) is 19.3. The second kappa shape index (κ2) is 8.96. The number of ether oxygens (including phenoxy) is 1. The molecule has 142 valence electrons. The number of thiazole rings is 1. The quantitative estimate of drug-likeness (QED) is 0.665. The molecule has 1 heterocycles. The van der Waals surface area contributed by atoms with Gasteiger partial charge in [0.15, 0.2) is 0 Å². The highest BCUT2D eigenvalue weighted by molar-refractivity contribution is 7.14. The Morgan fingerprint density at radius 2 is 1.86 bits per heavy atom. The molecule has 0 bridgehead atoms. The van der Waals surface area contributed by atoms with Crippen LogP contribution in [-0.4, -0.2) is 31.0 Å². The van der Waals surface area contributed by atoms with Gasteiger partial charge in [-0.2, -0.15) is 0 Å². The molecule has 0 atom stereocenters. The molecule has 2 N–H and O–H groups in total. The minimum Gasteiger partial charge on any atom is -0.497 e. The normalized spacial score (nSPS) is 10.6. The van der Waals surface area contributed by atoms with E-state index in [0.29, 0.717) is 21.9 Å². The Morgan fingerprint density at radius 3 is 2.57 bits per heavy atom. The fourth-order valence-electron chi connectivity index (χ4n) is 2.43. The molecule has 0 aliphatic rings. The van der Waals surface area contributed by atoms with Gasteiger partial charge >= 0.3 is 0 Å². The summed E-state index contributed by atoms with van der Waals surface area (Å²) in [5.41, 5.74) is 2.14. The maximum atomic E-state index is 12.4. The standard InChI is InChI=1S/C21H19N3O3S/c1-22-21(26)18-13-23-19(28-18)11-6-14-4-3-5-16(12-14)24-20(25)15-7-9-17(27-2)10-8-15/h3-13H,1-2H3,(H,22,26)(H,24,25). The Hall–Kier alpha value is -3.45. The van der Waals surface area contributed by atoms with E-state index < -0.39 is 0 Å². The summed E-state index contributed by atoms with van der Waals surface area (Å²) in [4.78, 5) is 28.7. The van der Waals surface area contributed by atoms with Gasteiger partial charge in [0, 0.05) is 18.3 Å². The first-order valence-electron chi connectivity index (χ1n) is 8.50. The number of carbonyl (C=O) groups is 2. The van der Waals surface area contributed by atoms with E-state index in [-0.39, 0.29) is 11.8 Å². The van der Waals surface area contributed by atoms with Crippen LogP contribution in [0.3, 0.4) is 0 Å². The summed E-state index contributed by atoms with van der Waals surface area (Å²) in [6, 6.07) is 14.4. The molecule has 28 heavy (non-hydrogen) atoms. The van der Waals surface area contributed by atoms with E-state index in [9.17, 15) is 9.59 Å². The molecule has 0 saturated carbocycles. The average Bonchev–Trinajstić information content (AvgIpc) is 3.21. The number of carbonyl (C=O) groups excluding carboxylic acids is 2. The van der Waals surface area contributed by atoms with Crippen molar-refractivity contribution in [3.05, 3.63) is 75.7 Å². The van der Waals surface area contributed by atoms with Crippen molar-refractivity contribution >= 4 is 41.0 Å². The predicted octanol–water partition coefficient (Wildman–Crippen LogP) is 3.93. The lowest BCUT2D eigenvalue weighted by Gasteiger charge is -2.07. The molecular formula is C21H19N3O3S. The van der Waals surface area contributed by atoms with Crippen molar-refractivity contribution < 1.29 is 14.3 Å². The molecule has 0 aliphatic carbocycles. The fraction of sp³-hybridized carbons (Fsp3) is 0.0952. The Labute approximate surface area is 166 Å². The summed E-state index contributed by atoms with van der Waals surface area (Å²) in [6.07, 6.45) is 5.27. The zero-order chi connectivity index (χ0) is 19.9. The predicted molar refractivity (Wildman–Crippen MR) is 112 cm³/mol. The van der Waals surface area contributed by atoms with Gasteiger partial charge < -0.3 is 15.4 Å². The molecule has 0 unspecified atom stereocenters. The van der Waals surface area contributed by atoms with E-state index in [2.05, 4.69) is 15.6 Å². The minimum absolute atomic E-state index is 0.152. The molecule has 3 rings (SSSR count). The van der Waals surface area contributed by atoms with E-state index in [0.717, 1.165) is 10.6 Å². The molecule has 2 aromatic carbocycles. The Kier molecular flexibility index (Phi) is 6.18. The summed E-state index contributed by atoms with van der Waals surface area (Å²) < 4.78 is 5.10. The zero-order valence-corrected chi connectivity index (χ0v) is 16.2. The van der Waals surface area contributed by atoms with Crippen LogP contribution in [0.15, 0.2) is 54.7 Å². The van der Waals surface area contributed by atoms with Crippen molar-refractivity contribution in [2.45, 2.75) is 0 Å². The number of hydrogen-bond donors (Lipinski definition) is 2. The number of methoxy groups -OCH3 is 1. The second-order valence-corrected chi connectivity index (χ2v) is 6.85. The first-order valence-corrected chi connectivity index (χ1v) is 9.32. The van der Waals surface area contributed by atoms with Crippen LogP contribution in [-0.2, 0) is 0 Å². The van der Waals surface area contributed by atoms with Crippen LogP contribution in [0.4, 0.5) is 5.69 Å². The highest BCUT2D eigenvalue weighted by Crippen LogP contribution is 2.18. The lowest BCUT2D eigenvalue weighted by molar-refractivity contribution is 0.0965. The highest BCUT2D eigenvalue weighted by Gasteiger charge is 2.08. The first-order chi connectivity index (χ1) is 13.6. The van der Waals surface area contributed by atoms with Gasteiger partial charge in [-0.1, -0.05) is 18.2 Å². The van der Waals surface area contributed by atoms with Gasteiger partial charge in [-0.15, -0.1) is 11.3 Å². The fourth-order valence-corrected chi connectivity index (χ4v) is 3.19. The van der Waals surface area contributed by atoms with Gasteiger partial charge in [0.05, 0.1) is 13.3 Å². The summed E-state index contributed by atoms with van der Waals surface area (Å²) in [7, 11) is 3.17. The largest absolute Gasteiger partial charge is 0.497 e. The Balaban J connectivity index is 1.68. The third-order valence-electron chi connectivity index (χ3n) is 3.89. The molecule has 2 amide bonds. The van der Waals surface area contributed by atoms with Gasteiger partial charge in [-0.05, 0) is 48.0 Å². The van der Waals surface area contributed by atoms with Crippen molar-refractivity contribution in [1.82, 2.24) is 10.3 Å². The average molecular weight is 393 g/mol. The summed E-state index contributed by atoms with van der Waals surface area (Å²) in [6.45, 7) is 0. The number of rotatable bonds is 6. The van der Waals surface area contributed by atoms with Crippen molar-refractivity contribution in [3.8, 4) is 5.75 Å². The van der Waals surface area contributed by atoms with E-state index in [4.69, 9.17) is 4.74 Å². The summed E-state index contributed by atoms with van der Waals surface area (Å²) >= 11 is 1.31. The number of benzene rings is 2. The van der Waals surface area contributed by atoms with Gasteiger partial charge in [0.2, 0.25) is 0 Å². The Morgan fingerprint density at radius 1 is 1.07 bits per heavy atom. The maximum absolute atomic E-state index is 12.4. The lowest BCUT2D eigenvalue weighted by Crippen LogP contribution is -2.16. The second-order valence-electron chi connectivity index (χ2n) is 5.78. The van der Waals surface area contributed by atoms with Gasteiger partial charge in [-0.25, -0.2) is 4.98 Å². The van der Waals surface area contributed by atoms with Crippen LogP contribution in [0.5, 0.6) is 5.75 Å². The van der Waals surface area contributed by atoms with Crippen molar-refractivity contribution in [2.24, 2.45) is 0 Å². The number of nitrogens with one attached hydrogen (secondary N) is 2. The Bertz CT molecular complexity index is 1010. The number of anilines is 1. The topological polar surface area (TPSA) is 80.3 Å². The molecule has 7 heteroatoms.